The molecule has 0 fully saturated rings. The Labute approximate surface area is 114 Å². The largest absolute Gasteiger partial charge is 0.475 e. The Morgan fingerprint density at radius 1 is 1.32 bits per heavy atom. The lowest BCUT2D eigenvalue weighted by atomic mass is 9.97. The molecule has 0 unspecified atom stereocenters. The number of furan rings is 1. The van der Waals surface area contributed by atoms with Crippen molar-refractivity contribution in [2.24, 2.45) is 0 Å². The van der Waals surface area contributed by atoms with Gasteiger partial charge < -0.3 is 13.9 Å². The van der Waals surface area contributed by atoms with Gasteiger partial charge in [-0.25, -0.2) is 4.79 Å². The molecule has 19 heavy (non-hydrogen) atoms. The van der Waals surface area contributed by atoms with Gasteiger partial charge in [0.2, 0.25) is 17.5 Å². The van der Waals surface area contributed by atoms with E-state index in [1.54, 1.807) is 6.07 Å². The minimum absolute atomic E-state index is 0.0802. The summed E-state index contributed by atoms with van der Waals surface area (Å²) in [4.78, 5) is 10.7. The van der Waals surface area contributed by atoms with E-state index in [4.69, 9.17) is 13.9 Å². The van der Waals surface area contributed by atoms with E-state index >= 15 is 0 Å². The molecule has 0 radical (unpaired) electrons. The molecule has 102 valence electrons. The number of aromatic nitrogens is 2. The summed E-state index contributed by atoms with van der Waals surface area (Å²) in [5, 5.41) is 17.2. The lowest BCUT2D eigenvalue weighted by Gasteiger charge is -2.10. The Balaban J connectivity index is 1.98. The van der Waals surface area contributed by atoms with Crippen LogP contribution in [0.3, 0.4) is 0 Å². The number of hydrogen-bond acceptors (Lipinski definition) is 6. The zero-order valence-electron chi connectivity index (χ0n) is 10.8. The Morgan fingerprint density at radius 2 is 2.05 bits per heavy atom. The van der Waals surface area contributed by atoms with Crippen LogP contribution in [0.5, 0.6) is 0 Å². The highest BCUT2D eigenvalue weighted by Gasteiger charge is 2.21. The Morgan fingerprint density at radius 3 is 2.58 bits per heavy atom. The second-order valence-corrected chi connectivity index (χ2v) is 5.94. The molecule has 1 N–H and O–H groups in total. The SMILES string of the molecule is CC(C)(C)c1nnc(CSc2ccc(C(=O)O)o2)o1. The van der Waals surface area contributed by atoms with Gasteiger partial charge in [0.1, 0.15) is 0 Å². The van der Waals surface area contributed by atoms with E-state index in [0.717, 1.165) is 0 Å². The molecule has 2 rings (SSSR count). The number of hydrogen-bond donors (Lipinski definition) is 1. The molecule has 6 nitrogen and oxygen atoms in total. The molecule has 0 aromatic carbocycles. The number of thioether (sulfide) groups is 1. The fourth-order valence-electron chi connectivity index (χ4n) is 1.26. The summed E-state index contributed by atoms with van der Waals surface area (Å²) in [5.74, 6) is 0.343. The topological polar surface area (TPSA) is 89.4 Å². The van der Waals surface area contributed by atoms with Gasteiger partial charge in [-0.2, -0.15) is 0 Å². The van der Waals surface area contributed by atoms with Crippen LogP contribution >= 0.6 is 11.8 Å². The van der Waals surface area contributed by atoms with Crippen molar-refractivity contribution in [3.63, 3.8) is 0 Å². The van der Waals surface area contributed by atoms with E-state index in [2.05, 4.69) is 10.2 Å². The van der Waals surface area contributed by atoms with Crippen LogP contribution in [0.1, 0.15) is 43.1 Å². The Hall–Kier alpha value is -1.76. The average Bonchev–Trinajstić information content (AvgIpc) is 2.95. The van der Waals surface area contributed by atoms with E-state index in [1.165, 1.54) is 17.8 Å². The molecular formula is C12H14N2O4S. The summed E-state index contributed by atoms with van der Waals surface area (Å²) < 4.78 is 10.6. The van der Waals surface area contributed by atoms with Gasteiger partial charge in [-0.3, -0.25) is 0 Å². The molecule has 0 atom stereocenters. The first-order chi connectivity index (χ1) is 8.86. The highest BCUT2D eigenvalue weighted by molar-refractivity contribution is 7.98. The first kappa shape index (κ1) is 13.7. The fraction of sp³-hybridized carbons (Fsp3) is 0.417. The molecule has 0 aliphatic rings. The molecule has 0 bridgehead atoms. The number of carboxylic acid groups (broad SMARTS) is 1. The molecule has 7 heteroatoms. The van der Waals surface area contributed by atoms with Gasteiger partial charge in [0, 0.05) is 5.41 Å². The maximum atomic E-state index is 10.7. The van der Waals surface area contributed by atoms with Gasteiger partial charge >= 0.3 is 5.97 Å². The van der Waals surface area contributed by atoms with Gasteiger partial charge in [0.15, 0.2) is 5.09 Å². The van der Waals surface area contributed by atoms with Crippen LogP contribution in [0.4, 0.5) is 0 Å². The molecular weight excluding hydrogens is 268 g/mol. The summed E-state index contributed by atoms with van der Waals surface area (Å²) in [6.07, 6.45) is 0. The first-order valence-corrected chi connectivity index (χ1v) is 6.63. The van der Waals surface area contributed by atoms with Gasteiger partial charge in [0.05, 0.1) is 5.75 Å². The molecule has 0 aliphatic carbocycles. The van der Waals surface area contributed by atoms with Gasteiger partial charge in [-0.05, 0) is 12.1 Å². The Bertz CT molecular complexity index is 583. The molecule has 0 aliphatic heterocycles. The van der Waals surface area contributed by atoms with Gasteiger partial charge in [0.25, 0.3) is 0 Å². The molecule has 2 heterocycles. The summed E-state index contributed by atoms with van der Waals surface area (Å²) in [6.45, 7) is 5.97. The minimum Gasteiger partial charge on any atom is -0.475 e. The number of nitrogens with zero attached hydrogens (tertiary/aromatic N) is 2. The predicted molar refractivity (Wildman–Crippen MR) is 68.2 cm³/mol. The normalized spacial score (nSPS) is 11.7. The summed E-state index contributed by atoms with van der Waals surface area (Å²) >= 11 is 1.31. The standard InChI is InChI=1S/C12H14N2O4S/c1-12(2,3)11-14-13-8(18-11)6-19-9-5-4-7(17-9)10(15)16/h4-5H,6H2,1-3H3,(H,15,16). The number of rotatable bonds is 4. The third kappa shape index (κ3) is 3.37. The zero-order valence-corrected chi connectivity index (χ0v) is 11.7. The summed E-state index contributed by atoms with van der Waals surface area (Å²) in [7, 11) is 0. The molecule has 2 aromatic heterocycles. The predicted octanol–water partition coefficient (Wildman–Crippen LogP) is 2.95. The monoisotopic (exact) mass is 282 g/mol. The van der Waals surface area contributed by atoms with Crippen molar-refractivity contribution in [3.8, 4) is 0 Å². The second kappa shape index (κ2) is 5.08. The van der Waals surface area contributed by atoms with Gasteiger partial charge in [-0.1, -0.05) is 32.5 Å². The van der Waals surface area contributed by atoms with Crippen molar-refractivity contribution in [1.29, 1.82) is 0 Å². The number of aromatic carboxylic acids is 1. The highest BCUT2D eigenvalue weighted by Crippen LogP contribution is 2.26. The molecule has 2 aromatic rings. The average molecular weight is 282 g/mol. The number of carboxylic acids is 1. The quantitative estimate of drug-likeness (QED) is 0.862. The van der Waals surface area contributed by atoms with Crippen LogP contribution < -0.4 is 0 Å². The Kier molecular flexibility index (Phi) is 3.66. The van der Waals surface area contributed by atoms with Crippen LogP contribution in [0.2, 0.25) is 0 Å². The summed E-state index contributed by atoms with van der Waals surface area (Å²) in [5.41, 5.74) is -0.183. The van der Waals surface area contributed by atoms with Crippen molar-refractivity contribution in [1.82, 2.24) is 10.2 Å². The van der Waals surface area contributed by atoms with Crippen LogP contribution in [0, 0.1) is 0 Å². The smallest absolute Gasteiger partial charge is 0.371 e. The molecule has 0 spiro atoms. The minimum atomic E-state index is -1.08. The summed E-state index contributed by atoms with van der Waals surface area (Å²) in [6, 6.07) is 3.02. The lowest BCUT2D eigenvalue weighted by Crippen LogP contribution is -2.11. The van der Waals surface area contributed by atoms with E-state index < -0.39 is 5.97 Å². The third-order valence-corrected chi connectivity index (χ3v) is 3.13. The maximum Gasteiger partial charge on any atom is 0.371 e. The zero-order chi connectivity index (χ0) is 14.0. The van der Waals surface area contributed by atoms with Crippen molar-refractivity contribution in [3.05, 3.63) is 29.7 Å². The third-order valence-electron chi connectivity index (χ3n) is 2.24. The van der Waals surface area contributed by atoms with Crippen molar-refractivity contribution < 1.29 is 18.7 Å². The highest BCUT2D eigenvalue weighted by atomic mass is 32.2. The maximum absolute atomic E-state index is 10.7. The van der Waals surface area contributed by atoms with Gasteiger partial charge in [-0.15, -0.1) is 10.2 Å². The van der Waals surface area contributed by atoms with E-state index in [9.17, 15) is 4.79 Å². The van der Waals surface area contributed by atoms with Crippen molar-refractivity contribution >= 4 is 17.7 Å². The van der Waals surface area contributed by atoms with Crippen molar-refractivity contribution in [2.75, 3.05) is 0 Å². The van der Waals surface area contributed by atoms with Crippen LogP contribution in [0.25, 0.3) is 0 Å². The first-order valence-electron chi connectivity index (χ1n) is 5.65. The van der Waals surface area contributed by atoms with Crippen molar-refractivity contribution in [2.45, 2.75) is 37.0 Å². The number of carbonyl (C=O) groups is 1. The van der Waals surface area contributed by atoms with E-state index in [0.29, 0.717) is 22.6 Å². The van der Waals surface area contributed by atoms with E-state index in [1.807, 2.05) is 20.8 Å². The van der Waals surface area contributed by atoms with Crippen LogP contribution in [0.15, 0.2) is 26.1 Å². The fourth-order valence-corrected chi connectivity index (χ4v) is 1.96. The van der Waals surface area contributed by atoms with E-state index in [-0.39, 0.29) is 11.2 Å². The molecule has 0 amide bonds. The molecule has 0 saturated carbocycles. The second-order valence-electron chi connectivity index (χ2n) is 4.96. The van der Waals surface area contributed by atoms with Crippen LogP contribution in [-0.2, 0) is 11.2 Å². The molecule has 0 saturated heterocycles. The van der Waals surface area contributed by atoms with Crippen LogP contribution in [-0.4, -0.2) is 21.3 Å². The lowest BCUT2D eigenvalue weighted by molar-refractivity contribution is 0.0656.